The number of urea groups is 1. The molecule has 5 heteroatoms. The van der Waals surface area contributed by atoms with Gasteiger partial charge in [-0.1, -0.05) is 12.2 Å². The zero-order chi connectivity index (χ0) is 9.02. The summed E-state index contributed by atoms with van der Waals surface area (Å²) in [4.78, 5) is 12.7. The second-order valence-corrected chi connectivity index (χ2v) is 2.72. The van der Waals surface area contributed by atoms with E-state index in [4.69, 9.17) is 18.0 Å². The molecule has 1 atom stereocenters. The van der Waals surface area contributed by atoms with Crippen LogP contribution in [0.3, 0.4) is 0 Å². The van der Waals surface area contributed by atoms with Crippen molar-refractivity contribution >= 4 is 23.2 Å². The lowest BCUT2D eigenvalue weighted by atomic mass is 10.3. The van der Waals surface area contributed by atoms with Crippen molar-refractivity contribution < 1.29 is 4.79 Å². The molecule has 0 radical (unpaired) electrons. The molecule has 0 bridgehead atoms. The highest BCUT2D eigenvalue weighted by molar-refractivity contribution is 7.80. The summed E-state index contributed by atoms with van der Waals surface area (Å²) < 4.78 is 0. The normalized spacial score (nSPS) is 11.9. The molecule has 0 saturated heterocycles. The van der Waals surface area contributed by atoms with Gasteiger partial charge in [-0.05, 0) is 6.92 Å². The molecule has 0 aliphatic carbocycles. The third-order valence-corrected chi connectivity index (χ3v) is 1.87. The molecule has 0 fully saturated rings. The Kier molecular flexibility index (Phi) is 3.81. The topological polar surface area (TPSA) is 58.4 Å². The Morgan fingerprint density at radius 1 is 1.73 bits per heavy atom. The van der Waals surface area contributed by atoms with Crippen molar-refractivity contribution in [2.45, 2.75) is 13.0 Å². The van der Waals surface area contributed by atoms with Crippen LogP contribution >= 0.6 is 12.2 Å². The highest BCUT2D eigenvalue weighted by Gasteiger charge is 2.15. The minimum atomic E-state index is -0.204. The first-order valence-electron chi connectivity index (χ1n) is 3.24. The van der Waals surface area contributed by atoms with Crippen molar-refractivity contribution in [3.63, 3.8) is 0 Å². The molecule has 1 unspecified atom stereocenters. The number of nitrogens with zero attached hydrogens (tertiary/aromatic N) is 1. The molecule has 3 N–H and O–H groups in total. The van der Waals surface area contributed by atoms with Crippen molar-refractivity contribution in [3.05, 3.63) is 0 Å². The molecule has 2 amide bonds. The molecule has 64 valence electrons. The second-order valence-electron chi connectivity index (χ2n) is 2.24. The number of amides is 2. The van der Waals surface area contributed by atoms with Gasteiger partial charge >= 0.3 is 6.03 Å². The fourth-order valence-corrected chi connectivity index (χ4v) is 0.701. The average molecular weight is 175 g/mol. The molecule has 0 spiro atoms. The summed E-state index contributed by atoms with van der Waals surface area (Å²) in [5, 5.41) is 2.47. The van der Waals surface area contributed by atoms with Gasteiger partial charge in [0.1, 0.15) is 0 Å². The van der Waals surface area contributed by atoms with E-state index >= 15 is 0 Å². The molecule has 0 heterocycles. The number of thiocarbonyl (C=S) groups is 1. The molecule has 0 saturated carbocycles. The molecule has 0 aromatic carbocycles. The molecular formula is C6H13N3OS. The maximum absolute atomic E-state index is 11.0. The molecule has 0 aromatic rings. The number of carbonyl (C=O) groups excluding carboxylic acids is 1. The largest absolute Gasteiger partial charge is 0.392 e. The minimum Gasteiger partial charge on any atom is -0.392 e. The summed E-state index contributed by atoms with van der Waals surface area (Å²) in [6.45, 7) is 1.78. The van der Waals surface area contributed by atoms with Crippen LogP contribution in [0.1, 0.15) is 6.92 Å². The Balaban J connectivity index is 4.12. The zero-order valence-electron chi connectivity index (χ0n) is 6.92. The SMILES string of the molecule is CNC(=O)N(C)C(C)C(N)=S. The standard InChI is InChI=1S/C6H13N3OS/c1-4(5(7)11)9(3)6(10)8-2/h4H,1-3H3,(H2,7,11)(H,8,10). The number of hydrogen-bond donors (Lipinski definition) is 2. The molecule has 11 heavy (non-hydrogen) atoms. The van der Waals surface area contributed by atoms with Crippen molar-refractivity contribution in [2.24, 2.45) is 5.73 Å². The summed E-state index contributed by atoms with van der Waals surface area (Å²) >= 11 is 4.72. The van der Waals surface area contributed by atoms with Gasteiger partial charge in [0.15, 0.2) is 0 Å². The first-order valence-corrected chi connectivity index (χ1v) is 3.65. The number of nitrogens with one attached hydrogen (secondary N) is 1. The number of rotatable bonds is 2. The van der Waals surface area contributed by atoms with E-state index in [1.807, 2.05) is 0 Å². The van der Waals surface area contributed by atoms with Crippen molar-refractivity contribution in [2.75, 3.05) is 14.1 Å². The van der Waals surface area contributed by atoms with E-state index in [2.05, 4.69) is 5.32 Å². The first-order chi connectivity index (χ1) is 5.00. The fraction of sp³-hybridized carbons (Fsp3) is 0.667. The fourth-order valence-electron chi connectivity index (χ4n) is 0.543. The molecule has 0 rings (SSSR count). The second kappa shape index (κ2) is 4.12. The van der Waals surface area contributed by atoms with Gasteiger partial charge in [0.2, 0.25) is 0 Å². The van der Waals surface area contributed by atoms with E-state index in [9.17, 15) is 4.79 Å². The summed E-state index contributed by atoms with van der Waals surface area (Å²) in [6.07, 6.45) is 0. The highest BCUT2D eigenvalue weighted by atomic mass is 32.1. The number of nitrogens with two attached hydrogens (primary N) is 1. The van der Waals surface area contributed by atoms with Crippen LogP contribution in [-0.2, 0) is 0 Å². The Labute approximate surface area is 71.7 Å². The van der Waals surface area contributed by atoms with Gasteiger partial charge in [-0.2, -0.15) is 0 Å². The maximum atomic E-state index is 11.0. The third kappa shape index (κ3) is 2.71. The number of carbonyl (C=O) groups is 1. The van der Waals surface area contributed by atoms with Crippen LogP contribution in [0.2, 0.25) is 0 Å². The monoisotopic (exact) mass is 175 g/mol. The Bertz CT molecular complexity index is 171. The predicted octanol–water partition coefficient (Wildman–Crippen LogP) is -0.0678. The van der Waals surface area contributed by atoms with Crippen molar-refractivity contribution in [1.29, 1.82) is 0 Å². The van der Waals surface area contributed by atoms with Crippen LogP contribution in [0.5, 0.6) is 0 Å². The lowest BCUT2D eigenvalue weighted by molar-refractivity contribution is 0.207. The van der Waals surface area contributed by atoms with Gasteiger partial charge in [-0.15, -0.1) is 0 Å². The predicted molar refractivity (Wildman–Crippen MR) is 48.5 cm³/mol. The summed E-state index contributed by atoms with van der Waals surface area (Å²) in [6, 6.07) is -0.393. The van der Waals surface area contributed by atoms with Crippen LogP contribution in [0.25, 0.3) is 0 Å². The van der Waals surface area contributed by atoms with E-state index in [1.165, 1.54) is 4.90 Å². The zero-order valence-corrected chi connectivity index (χ0v) is 7.73. The molecule has 0 aliphatic heterocycles. The van der Waals surface area contributed by atoms with Crippen LogP contribution in [0.4, 0.5) is 4.79 Å². The van der Waals surface area contributed by atoms with E-state index in [1.54, 1.807) is 21.0 Å². The smallest absolute Gasteiger partial charge is 0.317 e. The van der Waals surface area contributed by atoms with Crippen molar-refractivity contribution in [1.82, 2.24) is 10.2 Å². The van der Waals surface area contributed by atoms with Crippen LogP contribution in [-0.4, -0.2) is 36.1 Å². The quantitative estimate of drug-likeness (QED) is 0.578. The van der Waals surface area contributed by atoms with Gasteiger partial charge < -0.3 is 16.0 Å². The number of likely N-dealkylation sites (N-methyl/N-ethyl adjacent to an activating group) is 1. The lowest BCUT2D eigenvalue weighted by Gasteiger charge is -2.22. The van der Waals surface area contributed by atoms with Crippen LogP contribution in [0.15, 0.2) is 0 Å². The van der Waals surface area contributed by atoms with Gasteiger partial charge in [-0.3, -0.25) is 0 Å². The summed E-state index contributed by atoms with van der Waals surface area (Å²) in [5.74, 6) is 0. The van der Waals surface area contributed by atoms with Gasteiger partial charge in [0.25, 0.3) is 0 Å². The van der Waals surface area contributed by atoms with E-state index in [0.717, 1.165) is 0 Å². The van der Waals surface area contributed by atoms with Crippen LogP contribution < -0.4 is 11.1 Å². The minimum absolute atomic E-state index is 0.190. The van der Waals surface area contributed by atoms with Crippen LogP contribution in [0, 0.1) is 0 Å². The maximum Gasteiger partial charge on any atom is 0.317 e. The average Bonchev–Trinajstić information content (AvgIpc) is 2.00. The van der Waals surface area contributed by atoms with Gasteiger partial charge in [0.05, 0.1) is 11.0 Å². The summed E-state index contributed by atoms with van der Waals surface area (Å²) in [7, 11) is 3.20. The van der Waals surface area contributed by atoms with Gasteiger partial charge in [0, 0.05) is 14.1 Å². The first kappa shape index (κ1) is 10.2. The van der Waals surface area contributed by atoms with Crippen molar-refractivity contribution in [3.8, 4) is 0 Å². The molecule has 0 aliphatic rings. The Hall–Kier alpha value is -0.840. The highest BCUT2D eigenvalue weighted by Crippen LogP contribution is 1.95. The van der Waals surface area contributed by atoms with E-state index in [-0.39, 0.29) is 12.1 Å². The Morgan fingerprint density at radius 3 is 2.45 bits per heavy atom. The number of hydrogen-bond acceptors (Lipinski definition) is 2. The summed E-state index contributed by atoms with van der Waals surface area (Å²) in [5.41, 5.74) is 5.34. The molecular weight excluding hydrogens is 162 g/mol. The third-order valence-electron chi connectivity index (χ3n) is 1.53. The Morgan fingerprint density at radius 2 is 2.18 bits per heavy atom. The van der Waals surface area contributed by atoms with E-state index < -0.39 is 0 Å². The van der Waals surface area contributed by atoms with E-state index in [0.29, 0.717) is 4.99 Å². The lowest BCUT2D eigenvalue weighted by Crippen LogP contribution is -2.46. The molecule has 0 aromatic heterocycles. The molecule has 4 nitrogen and oxygen atoms in total. The van der Waals surface area contributed by atoms with Gasteiger partial charge in [-0.25, -0.2) is 4.79 Å².